The Morgan fingerprint density at radius 1 is 1.14 bits per heavy atom. The second-order valence-corrected chi connectivity index (χ2v) is 7.46. The molecule has 1 unspecified atom stereocenters. The van der Waals surface area contributed by atoms with Crippen molar-refractivity contribution in [1.29, 1.82) is 0 Å². The lowest BCUT2D eigenvalue weighted by Crippen LogP contribution is -2.32. The zero-order chi connectivity index (χ0) is 15.1. The Kier molecular flexibility index (Phi) is 3.64. The van der Waals surface area contributed by atoms with Crippen LogP contribution in [-0.2, 0) is 11.3 Å². The highest BCUT2D eigenvalue weighted by atomic mass is 32.1. The highest BCUT2D eigenvalue weighted by Crippen LogP contribution is 2.35. The molecule has 2 aliphatic heterocycles. The summed E-state index contributed by atoms with van der Waals surface area (Å²) in [4.78, 5) is 32.5. The summed E-state index contributed by atoms with van der Waals surface area (Å²) in [7, 11) is 0. The van der Waals surface area contributed by atoms with Crippen LogP contribution in [-0.4, -0.2) is 39.3 Å². The molecular weight excluding hydrogens is 298 g/mol. The maximum Gasteiger partial charge on any atom is 0.327 e. The number of rotatable bonds is 3. The first-order valence-electron chi connectivity index (χ1n) is 8.30. The predicted octanol–water partition coefficient (Wildman–Crippen LogP) is 3.12. The van der Waals surface area contributed by atoms with E-state index < -0.39 is 0 Å². The molecule has 6 heteroatoms. The Morgan fingerprint density at radius 2 is 1.95 bits per heavy atom. The molecule has 1 aliphatic carbocycles. The van der Waals surface area contributed by atoms with Crippen molar-refractivity contribution in [3.05, 3.63) is 16.1 Å². The lowest BCUT2D eigenvalue weighted by molar-refractivity contribution is -0.128. The maximum absolute atomic E-state index is 12.3. The Morgan fingerprint density at radius 3 is 2.73 bits per heavy atom. The van der Waals surface area contributed by atoms with Gasteiger partial charge in [-0.2, -0.15) is 0 Å². The van der Waals surface area contributed by atoms with Crippen LogP contribution in [0.2, 0.25) is 0 Å². The summed E-state index contributed by atoms with van der Waals surface area (Å²) < 4.78 is 0. The van der Waals surface area contributed by atoms with Crippen molar-refractivity contribution in [2.45, 2.75) is 63.5 Å². The average Bonchev–Trinajstić information content (AvgIpc) is 3.25. The number of amides is 3. The highest BCUT2D eigenvalue weighted by molar-refractivity contribution is 7.09. The van der Waals surface area contributed by atoms with Gasteiger partial charge in [0.1, 0.15) is 6.04 Å². The van der Waals surface area contributed by atoms with E-state index in [9.17, 15) is 9.59 Å². The summed E-state index contributed by atoms with van der Waals surface area (Å²) in [6.45, 7) is 1.06. The molecule has 2 saturated heterocycles. The van der Waals surface area contributed by atoms with E-state index in [1.54, 1.807) is 16.2 Å². The minimum Gasteiger partial charge on any atom is -0.312 e. The standard InChI is InChI=1S/C16H21N3O2S/c20-15-13-7-4-8-18(13)16(21)19(15)9-12-10-22-14(17-12)11-5-2-1-3-6-11/h10-11,13H,1-9H2. The van der Waals surface area contributed by atoms with E-state index in [0.29, 0.717) is 12.5 Å². The third kappa shape index (κ3) is 2.33. The number of urea groups is 1. The SMILES string of the molecule is O=C1C2CCCN2C(=O)N1Cc1csc(C2CCCCC2)n1. The average molecular weight is 319 g/mol. The molecule has 5 nitrogen and oxygen atoms in total. The fraction of sp³-hybridized carbons (Fsp3) is 0.688. The van der Waals surface area contributed by atoms with Gasteiger partial charge in [-0.1, -0.05) is 19.3 Å². The number of imide groups is 1. The lowest BCUT2D eigenvalue weighted by Gasteiger charge is -2.19. The molecule has 22 heavy (non-hydrogen) atoms. The number of carbonyl (C=O) groups excluding carboxylic acids is 2. The normalized spacial score (nSPS) is 26.1. The number of thiazole rings is 1. The van der Waals surface area contributed by atoms with Crippen LogP contribution in [0, 0.1) is 0 Å². The Balaban J connectivity index is 1.46. The number of hydrogen-bond donors (Lipinski definition) is 0. The lowest BCUT2D eigenvalue weighted by atomic mass is 9.90. The topological polar surface area (TPSA) is 53.5 Å². The quantitative estimate of drug-likeness (QED) is 0.804. The van der Waals surface area contributed by atoms with Crippen LogP contribution < -0.4 is 0 Å². The van der Waals surface area contributed by atoms with E-state index in [-0.39, 0.29) is 18.0 Å². The van der Waals surface area contributed by atoms with Crippen LogP contribution in [0.1, 0.15) is 61.6 Å². The first kappa shape index (κ1) is 14.2. The second-order valence-electron chi connectivity index (χ2n) is 6.57. The summed E-state index contributed by atoms with van der Waals surface area (Å²) >= 11 is 1.69. The molecule has 3 amide bonds. The molecule has 0 aromatic carbocycles. The van der Waals surface area contributed by atoms with Crippen LogP contribution >= 0.6 is 11.3 Å². The number of carbonyl (C=O) groups is 2. The zero-order valence-electron chi connectivity index (χ0n) is 12.7. The van der Waals surface area contributed by atoms with Crippen LogP contribution in [0.5, 0.6) is 0 Å². The van der Waals surface area contributed by atoms with Gasteiger partial charge < -0.3 is 4.90 Å². The molecule has 3 heterocycles. The summed E-state index contributed by atoms with van der Waals surface area (Å²) in [5.41, 5.74) is 0.869. The predicted molar refractivity (Wildman–Crippen MR) is 83.6 cm³/mol. The molecule has 1 aromatic rings. The van der Waals surface area contributed by atoms with E-state index in [1.807, 2.05) is 5.38 Å². The van der Waals surface area contributed by atoms with Gasteiger partial charge in [0.2, 0.25) is 0 Å². The van der Waals surface area contributed by atoms with Crippen molar-refractivity contribution in [3.63, 3.8) is 0 Å². The molecule has 1 saturated carbocycles. The summed E-state index contributed by atoms with van der Waals surface area (Å²) in [6.07, 6.45) is 8.13. The minimum absolute atomic E-state index is 0.0327. The maximum atomic E-state index is 12.3. The van der Waals surface area contributed by atoms with Gasteiger partial charge in [-0.25, -0.2) is 9.78 Å². The molecule has 3 aliphatic rings. The minimum atomic E-state index is -0.205. The molecule has 0 spiro atoms. The van der Waals surface area contributed by atoms with Crippen LogP contribution in [0.4, 0.5) is 4.79 Å². The van der Waals surface area contributed by atoms with Crippen LogP contribution in [0.3, 0.4) is 0 Å². The van der Waals surface area contributed by atoms with Gasteiger partial charge in [-0.15, -0.1) is 11.3 Å². The smallest absolute Gasteiger partial charge is 0.312 e. The molecule has 3 fully saturated rings. The summed E-state index contributed by atoms with van der Waals surface area (Å²) in [5, 5.41) is 3.21. The summed E-state index contributed by atoms with van der Waals surface area (Å²) in [6, 6.07) is -0.330. The number of hydrogen-bond acceptors (Lipinski definition) is 4. The molecule has 1 atom stereocenters. The third-order valence-electron chi connectivity index (χ3n) is 5.12. The van der Waals surface area contributed by atoms with E-state index in [4.69, 9.17) is 4.98 Å². The van der Waals surface area contributed by atoms with E-state index in [0.717, 1.165) is 25.1 Å². The third-order valence-corrected chi connectivity index (χ3v) is 6.18. The van der Waals surface area contributed by atoms with E-state index in [1.165, 1.54) is 42.0 Å². The van der Waals surface area contributed by atoms with Crippen molar-refractivity contribution in [2.24, 2.45) is 0 Å². The fourth-order valence-electron chi connectivity index (χ4n) is 3.92. The monoisotopic (exact) mass is 319 g/mol. The highest BCUT2D eigenvalue weighted by Gasteiger charge is 2.47. The van der Waals surface area contributed by atoms with Gasteiger partial charge in [0, 0.05) is 17.8 Å². The Bertz CT molecular complexity index is 572. The molecular formula is C16H21N3O2S. The van der Waals surface area contributed by atoms with Crippen LogP contribution in [0.15, 0.2) is 5.38 Å². The number of aromatic nitrogens is 1. The van der Waals surface area contributed by atoms with Crippen molar-refractivity contribution in [2.75, 3.05) is 6.54 Å². The Labute approximate surface area is 134 Å². The van der Waals surface area contributed by atoms with Gasteiger partial charge in [-0.3, -0.25) is 9.69 Å². The van der Waals surface area contributed by atoms with Crippen LogP contribution in [0.25, 0.3) is 0 Å². The molecule has 0 radical (unpaired) electrons. The van der Waals surface area contributed by atoms with Crippen molar-refractivity contribution < 1.29 is 9.59 Å². The molecule has 0 N–H and O–H groups in total. The van der Waals surface area contributed by atoms with Gasteiger partial charge in [0.15, 0.2) is 0 Å². The molecule has 118 valence electrons. The van der Waals surface area contributed by atoms with Crippen molar-refractivity contribution in [3.8, 4) is 0 Å². The second kappa shape index (κ2) is 5.65. The summed E-state index contributed by atoms with van der Waals surface area (Å²) in [5.74, 6) is 0.551. The molecule has 4 rings (SSSR count). The molecule has 1 aromatic heterocycles. The zero-order valence-corrected chi connectivity index (χ0v) is 13.5. The van der Waals surface area contributed by atoms with Crippen molar-refractivity contribution in [1.82, 2.24) is 14.8 Å². The molecule has 0 bridgehead atoms. The van der Waals surface area contributed by atoms with E-state index in [2.05, 4.69) is 0 Å². The largest absolute Gasteiger partial charge is 0.327 e. The van der Waals surface area contributed by atoms with Gasteiger partial charge in [-0.05, 0) is 25.7 Å². The Hall–Kier alpha value is -1.43. The first-order valence-corrected chi connectivity index (χ1v) is 9.18. The van der Waals surface area contributed by atoms with Crippen molar-refractivity contribution >= 4 is 23.3 Å². The fourth-order valence-corrected chi connectivity index (χ4v) is 4.90. The first-order chi connectivity index (χ1) is 10.7. The number of nitrogens with zero attached hydrogens (tertiary/aromatic N) is 3. The van der Waals surface area contributed by atoms with Gasteiger partial charge >= 0.3 is 6.03 Å². The van der Waals surface area contributed by atoms with Gasteiger partial charge in [0.05, 0.1) is 17.2 Å². The van der Waals surface area contributed by atoms with Gasteiger partial charge in [0.25, 0.3) is 5.91 Å². The van der Waals surface area contributed by atoms with E-state index >= 15 is 0 Å². The number of fused-ring (bicyclic) bond motifs is 1.